The van der Waals surface area contributed by atoms with Crippen LogP contribution >= 0.6 is 0 Å². The summed E-state index contributed by atoms with van der Waals surface area (Å²) >= 11 is 0. The van der Waals surface area contributed by atoms with Gasteiger partial charge in [-0.05, 0) is 11.5 Å². The van der Waals surface area contributed by atoms with Gasteiger partial charge in [0.25, 0.3) is 0 Å². The number of allylic oxidation sites excluding steroid dienone is 1. The number of pyridine rings is 1. The average Bonchev–Trinajstić information content (AvgIpc) is 2.25. The molecule has 1 heterocycles. The zero-order valence-electron chi connectivity index (χ0n) is 10.6. The van der Waals surface area contributed by atoms with E-state index >= 15 is 0 Å². The maximum atomic E-state index is 11.2. The van der Waals surface area contributed by atoms with Crippen LogP contribution < -0.4 is 4.57 Å². The zero-order valence-corrected chi connectivity index (χ0v) is 11.5. The minimum absolute atomic E-state index is 0.292. The summed E-state index contributed by atoms with van der Waals surface area (Å²) in [4.78, 5) is 10.6. The molecule has 0 spiro atoms. The highest BCUT2D eigenvalue weighted by Crippen LogP contribution is 2.09. The van der Waals surface area contributed by atoms with E-state index in [0.29, 0.717) is 11.5 Å². The van der Waals surface area contributed by atoms with E-state index in [1.165, 1.54) is 12.3 Å². The minimum atomic E-state index is -4.47. The summed E-state index contributed by atoms with van der Waals surface area (Å²) in [5, 5.41) is 8.25. The molecule has 1 rings (SSSR count). The van der Waals surface area contributed by atoms with Crippen LogP contribution in [0.4, 0.5) is 0 Å². The largest absolute Gasteiger partial charge is 0.477 e. The summed E-state index contributed by atoms with van der Waals surface area (Å²) in [5.74, 6) is -0.902. The van der Waals surface area contributed by atoms with E-state index < -0.39 is 27.7 Å². The second kappa shape index (κ2) is 5.94. The fraction of sp³-hybridized carbons (Fsp3) is 0.333. The van der Waals surface area contributed by atoms with Crippen molar-refractivity contribution >= 4 is 22.2 Å². The van der Waals surface area contributed by atoms with Gasteiger partial charge in [0, 0.05) is 12.1 Å². The third-order valence-corrected chi connectivity index (χ3v) is 3.14. The number of aromatic nitrogens is 1. The summed E-state index contributed by atoms with van der Waals surface area (Å²) < 4.78 is 32.6. The van der Waals surface area contributed by atoms with Gasteiger partial charge in [0.1, 0.15) is 0 Å². The van der Waals surface area contributed by atoms with Crippen molar-refractivity contribution in [2.45, 2.75) is 25.4 Å². The van der Waals surface area contributed by atoms with Crippen molar-refractivity contribution in [3.05, 3.63) is 30.0 Å². The first-order valence-corrected chi connectivity index (χ1v) is 7.05. The molecule has 0 bridgehead atoms. The standard InChI is InChI=1S/C12H15NO5S/c1-9(2)3-4-10-5-6-13(8-12(14)15)11(7-10)19(16,17)18/h3-7,9H,8H2,1-2H3,(H-,14,15,16,17,18)/p+1/b4-3+. The monoisotopic (exact) mass is 286 g/mol. The Morgan fingerprint density at radius 3 is 2.58 bits per heavy atom. The van der Waals surface area contributed by atoms with Gasteiger partial charge in [-0.3, -0.25) is 4.55 Å². The van der Waals surface area contributed by atoms with Crippen molar-refractivity contribution in [3.63, 3.8) is 0 Å². The van der Waals surface area contributed by atoms with Gasteiger partial charge in [-0.15, -0.1) is 0 Å². The van der Waals surface area contributed by atoms with E-state index in [4.69, 9.17) is 9.66 Å². The van der Waals surface area contributed by atoms with Crippen LogP contribution in [0, 0.1) is 5.92 Å². The highest BCUT2D eigenvalue weighted by molar-refractivity contribution is 7.85. The fourth-order valence-corrected chi connectivity index (χ4v) is 2.14. The number of rotatable bonds is 5. The Labute approximate surface area is 111 Å². The quantitative estimate of drug-likeness (QED) is 0.621. The van der Waals surface area contributed by atoms with Crippen LogP contribution in [0.5, 0.6) is 0 Å². The molecule has 0 saturated heterocycles. The Hall–Kier alpha value is -1.73. The molecule has 0 atom stereocenters. The van der Waals surface area contributed by atoms with Gasteiger partial charge in [0.05, 0.1) is 0 Å². The summed E-state index contributed by atoms with van der Waals surface area (Å²) in [5.41, 5.74) is 0.572. The lowest BCUT2D eigenvalue weighted by Gasteiger charge is -2.01. The van der Waals surface area contributed by atoms with E-state index in [1.54, 1.807) is 12.1 Å². The van der Waals surface area contributed by atoms with Gasteiger partial charge in [0.15, 0.2) is 6.20 Å². The molecule has 0 fully saturated rings. The molecular weight excluding hydrogens is 270 g/mol. The minimum Gasteiger partial charge on any atom is -0.477 e. The van der Waals surface area contributed by atoms with E-state index in [2.05, 4.69) is 0 Å². The lowest BCUT2D eigenvalue weighted by atomic mass is 10.1. The molecule has 7 heteroatoms. The lowest BCUT2D eigenvalue weighted by molar-refractivity contribution is -0.723. The Morgan fingerprint density at radius 1 is 1.47 bits per heavy atom. The second-order valence-electron chi connectivity index (χ2n) is 4.40. The van der Waals surface area contributed by atoms with E-state index in [-0.39, 0.29) is 0 Å². The first-order chi connectivity index (χ1) is 8.70. The SMILES string of the molecule is CC(C)/C=C/c1cc[n+](CC(=O)O)c(S(=O)(=O)O)c1. The molecule has 1 aromatic heterocycles. The third kappa shape index (κ3) is 4.80. The molecule has 104 valence electrons. The lowest BCUT2D eigenvalue weighted by Crippen LogP contribution is -2.42. The van der Waals surface area contributed by atoms with Crippen molar-refractivity contribution < 1.29 is 27.4 Å². The molecule has 0 amide bonds. The molecule has 6 nitrogen and oxygen atoms in total. The number of aliphatic carboxylic acids is 1. The molecule has 0 radical (unpaired) electrons. The Morgan fingerprint density at radius 2 is 2.11 bits per heavy atom. The summed E-state index contributed by atoms with van der Waals surface area (Å²) in [6.07, 6.45) is 4.90. The maximum Gasteiger partial charge on any atom is 0.370 e. The highest BCUT2D eigenvalue weighted by atomic mass is 32.2. The number of carboxylic acids is 1. The van der Waals surface area contributed by atoms with Crippen molar-refractivity contribution in [1.29, 1.82) is 0 Å². The second-order valence-corrected chi connectivity index (χ2v) is 5.77. The summed E-state index contributed by atoms with van der Waals surface area (Å²) in [6.45, 7) is 3.39. The highest BCUT2D eigenvalue weighted by Gasteiger charge is 2.25. The van der Waals surface area contributed by atoms with Crippen molar-refractivity contribution in [2.24, 2.45) is 5.92 Å². The Bertz CT molecular complexity index is 605. The molecule has 2 N–H and O–H groups in total. The third-order valence-electron chi connectivity index (χ3n) is 2.26. The average molecular weight is 286 g/mol. The van der Waals surface area contributed by atoms with Gasteiger partial charge in [-0.25, -0.2) is 4.79 Å². The van der Waals surface area contributed by atoms with Crippen molar-refractivity contribution in [2.75, 3.05) is 0 Å². The van der Waals surface area contributed by atoms with Crippen LogP contribution in [-0.4, -0.2) is 24.0 Å². The predicted molar refractivity (Wildman–Crippen MR) is 68.0 cm³/mol. The first kappa shape index (κ1) is 15.3. The Kier molecular flexibility index (Phi) is 4.79. The van der Waals surface area contributed by atoms with Crippen LogP contribution in [-0.2, 0) is 21.5 Å². The van der Waals surface area contributed by atoms with E-state index in [1.807, 2.05) is 19.9 Å². The molecule has 0 saturated carbocycles. The molecule has 0 unspecified atom stereocenters. The van der Waals surface area contributed by atoms with E-state index in [0.717, 1.165) is 4.57 Å². The molecule has 0 aliphatic carbocycles. The molecule has 1 aromatic rings. The van der Waals surface area contributed by atoms with Crippen molar-refractivity contribution in [1.82, 2.24) is 0 Å². The van der Waals surface area contributed by atoms with Crippen molar-refractivity contribution in [3.8, 4) is 0 Å². The maximum absolute atomic E-state index is 11.2. The predicted octanol–water partition coefficient (Wildman–Crippen LogP) is 0.975. The fourth-order valence-electron chi connectivity index (χ4n) is 1.43. The molecular formula is C12H16NO5S+. The number of carboxylic acid groups (broad SMARTS) is 1. The van der Waals surface area contributed by atoms with Crippen LogP contribution in [0.15, 0.2) is 29.4 Å². The van der Waals surface area contributed by atoms with Gasteiger partial charge >= 0.3 is 21.1 Å². The zero-order chi connectivity index (χ0) is 14.6. The molecule has 0 aromatic carbocycles. The number of hydrogen-bond donors (Lipinski definition) is 2. The summed E-state index contributed by atoms with van der Waals surface area (Å²) in [6, 6.07) is 2.81. The van der Waals surface area contributed by atoms with Gasteiger partial charge in [-0.1, -0.05) is 26.0 Å². The Balaban J connectivity index is 3.27. The number of carbonyl (C=O) groups is 1. The van der Waals surface area contributed by atoms with Crippen LogP contribution in [0.2, 0.25) is 0 Å². The first-order valence-electron chi connectivity index (χ1n) is 5.61. The summed E-state index contributed by atoms with van der Waals surface area (Å²) in [7, 11) is -4.47. The molecule has 0 aliphatic rings. The normalized spacial score (nSPS) is 12.2. The van der Waals surface area contributed by atoms with Gasteiger partial charge < -0.3 is 5.11 Å². The van der Waals surface area contributed by atoms with E-state index in [9.17, 15) is 13.2 Å². The van der Waals surface area contributed by atoms with Gasteiger partial charge in [-0.2, -0.15) is 13.0 Å². The number of nitrogens with zero attached hydrogens (tertiary/aromatic N) is 1. The van der Waals surface area contributed by atoms with Gasteiger partial charge in [0.2, 0.25) is 6.54 Å². The molecule has 19 heavy (non-hydrogen) atoms. The van der Waals surface area contributed by atoms with Crippen LogP contribution in [0.25, 0.3) is 6.08 Å². The number of hydrogen-bond acceptors (Lipinski definition) is 3. The van der Waals surface area contributed by atoms with Crippen LogP contribution in [0.1, 0.15) is 19.4 Å². The molecule has 0 aliphatic heterocycles. The van der Waals surface area contributed by atoms with Crippen LogP contribution in [0.3, 0.4) is 0 Å². The smallest absolute Gasteiger partial charge is 0.370 e. The topological polar surface area (TPSA) is 95.5 Å².